The average molecular weight is 446 g/mol. The van der Waals surface area contributed by atoms with Crippen LogP contribution in [-0.2, 0) is 0 Å². The van der Waals surface area contributed by atoms with E-state index < -0.39 is 17.6 Å². The van der Waals surface area contributed by atoms with Gasteiger partial charge >= 0.3 is 0 Å². The second-order valence-electron chi connectivity index (χ2n) is 7.26. The molecular formula is C22H19FN8O2. The van der Waals surface area contributed by atoms with Crippen molar-refractivity contribution < 1.29 is 14.0 Å². The van der Waals surface area contributed by atoms with Gasteiger partial charge in [-0.3, -0.25) is 14.6 Å². The Bertz CT molecular complexity index is 1310. The predicted molar refractivity (Wildman–Crippen MR) is 118 cm³/mol. The molecule has 10 nitrogen and oxygen atoms in total. The van der Waals surface area contributed by atoms with Crippen LogP contribution in [-0.4, -0.2) is 41.5 Å². The molecule has 0 saturated heterocycles. The molecule has 0 spiro atoms. The molecule has 1 aromatic carbocycles. The van der Waals surface area contributed by atoms with Gasteiger partial charge in [0.15, 0.2) is 11.6 Å². The number of pyridine rings is 1. The van der Waals surface area contributed by atoms with Gasteiger partial charge in [-0.1, -0.05) is 6.07 Å². The first-order chi connectivity index (χ1) is 15.9. The normalized spacial score (nSPS) is 10.8. The van der Waals surface area contributed by atoms with Crippen LogP contribution in [0.2, 0.25) is 0 Å². The van der Waals surface area contributed by atoms with Gasteiger partial charge in [-0.15, -0.1) is 10.2 Å². The summed E-state index contributed by atoms with van der Waals surface area (Å²) in [6, 6.07) is 8.59. The Morgan fingerprint density at radius 3 is 2.61 bits per heavy atom. The molecule has 0 saturated carbocycles. The Balaban J connectivity index is 1.55. The lowest BCUT2D eigenvalue weighted by Crippen LogP contribution is -2.18. The Morgan fingerprint density at radius 1 is 1.03 bits per heavy atom. The van der Waals surface area contributed by atoms with Gasteiger partial charge in [0.1, 0.15) is 23.7 Å². The minimum atomic E-state index is -0.778. The standard InChI is InChI=1S/C22H19FN8O2/c1-13(2)31-12-26-30-20(31)17-4-3-5-18(27-17)28-22(33)15-10-14(6-7-16(15)23)21(32)29-19-11-24-8-9-25-19/h3-13H,1-2H3,(H,25,29,32)(H,27,28,33). The maximum Gasteiger partial charge on any atom is 0.259 e. The van der Waals surface area contributed by atoms with Crippen LogP contribution in [0, 0.1) is 5.82 Å². The molecule has 33 heavy (non-hydrogen) atoms. The number of rotatable bonds is 6. The number of anilines is 2. The van der Waals surface area contributed by atoms with E-state index in [0.717, 1.165) is 12.1 Å². The minimum Gasteiger partial charge on any atom is -0.310 e. The molecule has 3 heterocycles. The van der Waals surface area contributed by atoms with Crippen LogP contribution in [0.3, 0.4) is 0 Å². The summed E-state index contributed by atoms with van der Waals surface area (Å²) < 4.78 is 16.2. The van der Waals surface area contributed by atoms with Crippen molar-refractivity contribution in [1.29, 1.82) is 0 Å². The number of carbonyl (C=O) groups is 2. The van der Waals surface area contributed by atoms with E-state index in [1.807, 2.05) is 18.4 Å². The molecule has 0 unspecified atom stereocenters. The molecule has 2 amide bonds. The van der Waals surface area contributed by atoms with Crippen LogP contribution in [0.4, 0.5) is 16.0 Å². The lowest BCUT2D eigenvalue weighted by atomic mass is 10.1. The number of benzene rings is 1. The maximum atomic E-state index is 14.4. The lowest BCUT2D eigenvalue weighted by Gasteiger charge is -2.11. The molecule has 0 aliphatic rings. The van der Waals surface area contributed by atoms with Crippen molar-refractivity contribution in [2.75, 3.05) is 10.6 Å². The Kier molecular flexibility index (Phi) is 6.11. The van der Waals surface area contributed by atoms with Crippen LogP contribution in [0.5, 0.6) is 0 Å². The largest absolute Gasteiger partial charge is 0.310 e. The summed E-state index contributed by atoms with van der Waals surface area (Å²) in [6.45, 7) is 3.96. The number of aromatic nitrogens is 6. The molecule has 4 aromatic rings. The van der Waals surface area contributed by atoms with Crippen molar-refractivity contribution in [3.8, 4) is 11.5 Å². The second-order valence-corrected chi connectivity index (χ2v) is 7.26. The van der Waals surface area contributed by atoms with Crippen molar-refractivity contribution in [2.24, 2.45) is 0 Å². The summed E-state index contributed by atoms with van der Waals surface area (Å²) >= 11 is 0. The maximum absolute atomic E-state index is 14.4. The molecule has 0 atom stereocenters. The van der Waals surface area contributed by atoms with E-state index in [9.17, 15) is 14.0 Å². The number of nitrogens with zero attached hydrogens (tertiary/aromatic N) is 6. The third-order valence-electron chi connectivity index (χ3n) is 4.63. The van der Waals surface area contributed by atoms with Gasteiger partial charge in [-0.25, -0.2) is 14.4 Å². The van der Waals surface area contributed by atoms with E-state index in [1.165, 1.54) is 24.7 Å². The number of hydrogen-bond acceptors (Lipinski definition) is 7. The van der Waals surface area contributed by atoms with Crippen LogP contribution >= 0.6 is 0 Å². The highest BCUT2D eigenvalue weighted by Crippen LogP contribution is 2.20. The zero-order valence-corrected chi connectivity index (χ0v) is 17.7. The zero-order chi connectivity index (χ0) is 23.4. The number of carbonyl (C=O) groups excluding carboxylic acids is 2. The second kappa shape index (κ2) is 9.30. The lowest BCUT2D eigenvalue weighted by molar-refractivity contribution is 0.102. The fourth-order valence-electron chi connectivity index (χ4n) is 3.01. The molecule has 0 radical (unpaired) electrons. The number of amides is 2. The van der Waals surface area contributed by atoms with E-state index in [2.05, 4.69) is 35.8 Å². The summed E-state index contributed by atoms with van der Waals surface area (Å²) in [6.07, 6.45) is 5.85. The summed E-state index contributed by atoms with van der Waals surface area (Å²) in [5.41, 5.74) is 0.273. The van der Waals surface area contributed by atoms with Gasteiger partial charge in [-0.2, -0.15) is 0 Å². The summed E-state index contributed by atoms with van der Waals surface area (Å²) in [7, 11) is 0. The number of nitrogens with one attached hydrogen (secondary N) is 2. The summed E-state index contributed by atoms with van der Waals surface area (Å²) in [5.74, 6) is -1.12. The monoisotopic (exact) mass is 446 g/mol. The molecule has 3 aromatic heterocycles. The van der Waals surface area contributed by atoms with Crippen molar-refractivity contribution in [2.45, 2.75) is 19.9 Å². The van der Waals surface area contributed by atoms with Gasteiger partial charge in [0.25, 0.3) is 11.8 Å². The van der Waals surface area contributed by atoms with Gasteiger partial charge in [0.2, 0.25) is 0 Å². The molecule has 11 heteroatoms. The first-order valence-electron chi connectivity index (χ1n) is 9.97. The first kappa shape index (κ1) is 21.7. The van der Waals surface area contributed by atoms with Crippen molar-refractivity contribution in [3.05, 3.63) is 78.3 Å². The van der Waals surface area contributed by atoms with Gasteiger partial charge in [0, 0.05) is 24.0 Å². The Labute approximate surface area is 188 Å². The predicted octanol–water partition coefficient (Wildman–Crippen LogP) is 3.35. The summed E-state index contributed by atoms with van der Waals surface area (Å²) in [5, 5.41) is 13.1. The quantitative estimate of drug-likeness (QED) is 0.465. The molecule has 4 rings (SSSR count). The SMILES string of the molecule is CC(C)n1cnnc1-c1cccc(NC(=O)c2cc(C(=O)Nc3cnccn3)ccc2F)n1. The number of halogens is 1. The van der Waals surface area contributed by atoms with Crippen LogP contribution < -0.4 is 10.6 Å². The van der Waals surface area contributed by atoms with Crippen LogP contribution in [0.1, 0.15) is 40.6 Å². The molecule has 0 aliphatic heterocycles. The highest BCUT2D eigenvalue weighted by molar-refractivity contribution is 6.08. The fourth-order valence-corrected chi connectivity index (χ4v) is 3.01. The first-order valence-corrected chi connectivity index (χ1v) is 9.97. The zero-order valence-electron chi connectivity index (χ0n) is 17.7. The minimum absolute atomic E-state index is 0.0824. The van der Waals surface area contributed by atoms with Crippen molar-refractivity contribution in [3.63, 3.8) is 0 Å². The summed E-state index contributed by atoms with van der Waals surface area (Å²) in [4.78, 5) is 37.4. The van der Waals surface area contributed by atoms with E-state index >= 15 is 0 Å². The van der Waals surface area contributed by atoms with Crippen molar-refractivity contribution >= 4 is 23.5 Å². The molecule has 2 N–H and O–H groups in total. The van der Waals surface area contributed by atoms with Crippen LogP contribution in [0.15, 0.2) is 61.3 Å². The highest BCUT2D eigenvalue weighted by atomic mass is 19.1. The van der Waals surface area contributed by atoms with E-state index in [1.54, 1.807) is 24.5 Å². The molecular weight excluding hydrogens is 427 g/mol. The topological polar surface area (TPSA) is 128 Å². The van der Waals surface area contributed by atoms with Gasteiger partial charge in [0.05, 0.1) is 11.8 Å². The highest BCUT2D eigenvalue weighted by Gasteiger charge is 2.18. The average Bonchev–Trinajstić information content (AvgIpc) is 3.31. The fraction of sp³-hybridized carbons (Fsp3) is 0.136. The number of hydrogen-bond donors (Lipinski definition) is 2. The van der Waals surface area contributed by atoms with Gasteiger partial charge in [-0.05, 0) is 44.2 Å². The van der Waals surface area contributed by atoms with Crippen molar-refractivity contribution in [1.82, 2.24) is 29.7 Å². The molecule has 0 aliphatic carbocycles. The third-order valence-corrected chi connectivity index (χ3v) is 4.63. The molecule has 0 fully saturated rings. The molecule has 166 valence electrons. The van der Waals surface area contributed by atoms with E-state index in [0.29, 0.717) is 11.5 Å². The Hall–Kier alpha value is -4.54. The third kappa shape index (κ3) is 4.87. The van der Waals surface area contributed by atoms with Crippen LogP contribution in [0.25, 0.3) is 11.5 Å². The van der Waals surface area contributed by atoms with E-state index in [4.69, 9.17) is 0 Å². The molecule has 0 bridgehead atoms. The Morgan fingerprint density at radius 2 is 1.85 bits per heavy atom. The van der Waals surface area contributed by atoms with Gasteiger partial charge < -0.3 is 15.2 Å². The smallest absolute Gasteiger partial charge is 0.259 e. The van der Waals surface area contributed by atoms with E-state index in [-0.39, 0.29) is 28.8 Å².